The van der Waals surface area contributed by atoms with Crippen molar-refractivity contribution in [3.8, 4) is 0 Å². The van der Waals surface area contributed by atoms with E-state index >= 15 is 0 Å². The summed E-state index contributed by atoms with van der Waals surface area (Å²) in [7, 11) is 5.04. The Balaban J connectivity index is 1.79. The maximum absolute atomic E-state index is 13.3. The van der Waals surface area contributed by atoms with E-state index in [0.29, 0.717) is 39.3 Å². The minimum Gasteiger partial charge on any atom is -0.478 e. The van der Waals surface area contributed by atoms with Gasteiger partial charge in [0.05, 0.1) is 46.9 Å². The Morgan fingerprint density at radius 1 is 0.950 bits per heavy atom. The number of anilines is 3. The number of aromatic carboxylic acids is 1. The van der Waals surface area contributed by atoms with Crippen LogP contribution in [0.5, 0.6) is 0 Å². The average Bonchev–Trinajstić information content (AvgIpc) is 3.26. The molecule has 1 heterocycles. The van der Waals surface area contributed by atoms with Gasteiger partial charge in [0.25, 0.3) is 5.91 Å². The maximum Gasteiger partial charge on any atom is 0.338 e. The smallest absolute Gasteiger partial charge is 0.338 e. The molecule has 1 aliphatic heterocycles. The lowest BCUT2D eigenvalue weighted by Gasteiger charge is -2.22. The Morgan fingerprint density at radius 3 is 2.33 bits per heavy atom. The fourth-order valence-electron chi connectivity index (χ4n) is 4.38. The number of carboxylic acid groups (broad SMARTS) is 1. The van der Waals surface area contributed by atoms with Gasteiger partial charge < -0.3 is 30.3 Å². The quantitative estimate of drug-likeness (QED) is 0.273. The first kappa shape index (κ1) is 28.1. The maximum atomic E-state index is 13.3. The normalized spacial score (nSPS) is 13.4. The number of rotatable bonds is 9. The minimum atomic E-state index is -1.20. The van der Waals surface area contributed by atoms with Crippen molar-refractivity contribution in [2.45, 2.75) is 6.92 Å². The molecule has 40 heavy (non-hydrogen) atoms. The van der Waals surface area contributed by atoms with E-state index in [2.05, 4.69) is 10.6 Å². The molecule has 0 saturated heterocycles. The number of ether oxygens (including phenoxy) is 1. The van der Waals surface area contributed by atoms with Gasteiger partial charge in [-0.3, -0.25) is 9.59 Å². The molecule has 0 aliphatic carbocycles. The summed E-state index contributed by atoms with van der Waals surface area (Å²) >= 11 is 0. The Labute approximate surface area is 231 Å². The molecule has 0 spiro atoms. The van der Waals surface area contributed by atoms with Crippen molar-refractivity contribution >= 4 is 52.1 Å². The Hall–Kier alpha value is -4.96. The summed E-state index contributed by atoms with van der Waals surface area (Å²) in [5.41, 5.74) is 3.39. The number of carboxylic acids is 1. The molecule has 206 valence electrons. The number of hydrogen-bond acceptors (Lipinski definition) is 7. The van der Waals surface area contributed by atoms with Gasteiger partial charge in [-0.1, -0.05) is 36.4 Å². The van der Waals surface area contributed by atoms with Crippen LogP contribution in [0.4, 0.5) is 17.1 Å². The number of amides is 2. The van der Waals surface area contributed by atoms with E-state index in [4.69, 9.17) is 4.74 Å². The van der Waals surface area contributed by atoms with Crippen molar-refractivity contribution in [2.75, 3.05) is 49.8 Å². The number of carbonyl (C=O) groups is 4. The molecule has 3 aromatic rings. The fraction of sp³-hybridized carbons (Fsp3) is 0.200. The molecule has 0 radical (unpaired) electrons. The fourth-order valence-corrected chi connectivity index (χ4v) is 4.38. The van der Waals surface area contributed by atoms with Gasteiger partial charge in [0, 0.05) is 18.3 Å². The van der Waals surface area contributed by atoms with E-state index in [-0.39, 0.29) is 36.2 Å². The van der Waals surface area contributed by atoms with Gasteiger partial charge in [0.2, 0.25) is 5.91 Å². The van der Waals surface area contributed by atoms with E-state index in [1.807, 2.05) is 30.3 Å². The summed E-state index contributed by atoms with van der Waals surface area (Å²) < 4.78 is 5.08. The van der Waals surface area contributed by atoms with Crippen LogP contribution in [-0.2, 0) is 14.3 Å². The number of carbonyl (C=O) groups excluding carboxylic acids is 3. The molecule has 0 atom stereocenters. The largest absolute Gasteiger partial charge is 0.478 e. The van der Waals surface area contributed by atoms with Crippen LogP contribution < -0.4 is 15.5 Å². The van der Waals surface area contributed by atoms with Crippen molar-refractivity contribution in [2.24, 2.45) is 0 Å². The molecule has 10 nitrogen and oxygen atoms in total. The van der Waals surface area contributed by atoms with E-state index in [9.17, 15) is 24.3 Å². The predicted molar refractivity (Wildman–Crippen MR) is 153 cm³/mol. The summed E-state index contributed by atoms with van der Waals surface area (Å²) in [6, 6.07) is 18.6. The molecular formula is C30H30N4O6. The zero-order valence-corrected chi connectivity index (χ0v) is 22.6. The second-order valence-corrected chi connectivity index (χ2v) is 9.40. The van der Waals surface area contributed by atoms with Gasteiger partial charge in [-0.25, -0.2) is 9.59 Å². The van der Waals surface area contributed by atoms with Crippen molar-refractivity contribution in [1.82, 2.24) is 4.90 Å². The Morgan fingerprint density at radius 2 is 1.68 bits per heavy atom. The average molecular weight is 543 g/mol. The lowest BCUT2D eigenvalue weighted by atomic mass is 9.98. The predicted octanol–water partition coefficient (Wildman–Crippen LogP) is 4.02. The first-order valence-corrected chi connectivity index (χ1v) is 12.6. The number of nitrogens with zero attached hydrogens (tertiary/aromatic N) is 2. The summed E-state index contributed by atoms with van der Waals surface area (Å²) in [5.74, 6) is -2.34. The molecule has 3 N–H and O–H groups in total. The summed E-state index contributed by atoms with van der Waals surface area (Å²) in [5, 5.41) is 16.0. The minimum absolute atomic E-state index is 0.0765. The second-order valence-electron chi connectivity index (χ2n) is 9.40. The van der Waals surface area contributed by atoms with E-state index in [1.54, 1.807) is 56.3 Å². The number of esters is 1. The lowest BCUT2D eigenvalue weighted by molar-refractivity contribution is -0.119. The van der Waals surface area contributed by atoms with Crippen LogP contribution in [-0.4, -0.2) is 68.1 Å². The van der Waals surface area contributed by atoms with Crippen LogP contribution in [0.25, 0.3) is 11.3 Å². The molecule has 3 aromatic carbocycles. The molecule has 1 aliphatic rings. The van der Waals surface area contributed by atoms with Crippen LogP contribution in [0.15, 0.2) is 66.7 Å². The second kappa shape index (κ2) is 11.8. The van der Waals surface area contributed by atoms with Crippen LogP contribution in [0.2, 0.25) is 0 Å². The number of nitrogens with one attached hydrogen (secondary N) is 2. The summed E-state index contributed by atoms with van der Waals surface area (Å²) in [4.78, 5) is 53.3. The summed E-state index contributed by atoms with van der Waals surface area (Å²) in [6.45, 7) is 2.06. The van der Waals surface area contributed by atoms with Crippen LogP contribution in [0.3, 0.4) is 0 Å². The van der Waals surface area contributed by atoms with Crippen molar-refractivity contribution in [3.63, 3.8) is 0 Å². The van der Waals surface area contributed by atoms with Gasteiger partial charge in [-0.2, -0.15) is 0 Å². The molecule has 4 rings (SSSR count). The highest BCUT2D eigenvalue weighted by Gasteiger charge is 2.30. The van der Waals surface area contributed by atoms with E-state index < -0.39 is 11.9 Å². The third kappa shape index (κ3) is 5.87. The van der Waals surface area contributed by atoms with Gasteiger partial charge in [0.15, 0.2) is 0 Å². The molecule has 10 heteroatoms. The third-order valence-corrected chi connectivity index (χ3v) is 6.27. The molecule has 0 fully saturated rings. The summed E-state index contributed by atoms with van der Waals surface area (Å²) in [6.07, 6.45) is 0. The van der Waals surface area contributed by atoms with Gasteiger partial charge in [-0.15, -0.1) is 0 Å². The van der Waals surface area contributed by atoms with Crippen LogP contribution >= 0.6 is 0 Å². The molecule has 2 amide bonds. The highest BCUT2D eigenvalue weighted by Crippen LogP contribution is 2.38. The standard InChI is InChI=1S/C30H30N4O6/c1-5-40-30(39)19-11-13-21-23(15-19)32-28(36)26(21)27(18-9-7-6-8-10-18)31-20-12-14-24(22(16-20)29(37)38)34(4)25(35)17-33(2)3/h6-16,31H,5,17H2,1-4H3,(H,32,36)(H,37,38)/b27-26-. The Kier molecular flexibility index (Phi) is 8.30. The Bertz CT molecular complexity index is 1510. The van der Waals surface area contributed by atoms with E-state index in [1.165, 1.54) is 18.0 Å². The zero-order chi connectivity index (χ0) is 29.0. The third-order valence-electron chi connectivity index (χ3n) is 6.27. The highest BCUT2D eigenvalue weighted by atomic mass is 16.5. The topological polar surface area (TPSA) is 128 Å². The van der Waals surface area contributed by atoms with Crippen molar-refractivity contribution < 1.29 is 29.0 Å². The number of benzene rings is 3. The van der Waals surface area contributed by atoms with Crippen molar-refractivity contribution in [3.05, 3.63) is 89.0 Å². The number of fused-ring (bicyclic) bond motifs is 1. The van der Waals surface area contributed by atoms with E-state index in [0.717, 1.165) is 0 Å². The van der Waals surface area contributed by atoms with Gasteiger partial charge in [-0.05, 0) is 56.9 Å². The first-order valence-electron chi connectivity index (χ1n) is 12.6. The highest BCUT2D eigenvalue weighted by molar-refractivity contribution is 6.37. The monoisotopic (exact) mass is 542 g/mol. The van der Waals surface area contributed by atoms with Crippen LogP contribution in [0.1, 0.15) is 38.8 Å². The number of likely N-dealkylation sites (N-methyl/N-ethyl adjacent to an activating group) is 2. The molecular weight excluding hydrogens is 512 g/mol. The van der Waals surface area contributed by atoms with Crippen molar-refractivity contribution in [1.29, 1.82) is 0 Å². The molecule has 0 unspecified atom stereocenters. The zero-order valence-electron chi connectivity index (χ0n) is 22.6. The van der Waals surface area contributed by atoms with Gasteiger partial charge >= 0.3 is 11.9 Å². The molecule has 0 bridgehead atoms. The molecule has 0 aromatic heterocycles. The molecule has 0 saturated carbocycles. The van der Waals surface area contributed by atoms with Gasteiger partial charge in [0.1, 0.15) is 0 Å². The number of hydrogen-bond donors (Lipinski definition) is 3. The van der Waals surface area contributed by atoms with Crippen LogP contribution in [0, 0.1) is 0 Å². The lowest BCUT2D eigenvalue weighted by Crippen LogP contribution is -2.35. The first-order chi connectivity index (χ1) is 19.1. The SMILES string of the molecule is CCOC(=O)c1ccc2c(c1)NC(=O)/C2=C(\Nc1ccc(N(C)C(=O)CN(C)C)c(C(=O)O)c1)c1ccccc1.